The van der Waals surface area contributed by atoms with E-state index in [9.17, 15) is 14.9 Å². The first-order chi connectivity index (χ1) is 15.5. The van der Waals surface area contributed by atoms with Crippen LogP contribution in [0.2, 0.25) is 0 Å². The zero-order valence-electron chi connectivity index (χ0n) is 17.1. The highest BCUT2D eigenvalue weighted by Gasteiger charge is 2.39. The number of fused-ring (bicyclic) bond motifs is 5. The standard InChI is InChI=1S/C24H19N3O5/c1-2-31-24(28)21-19(14-8-4-6-10-18(14)27(29)30)15-11-12-17-20(22(15)32-23(21)25)13-7-3-5-9-16(13)26-17/h3-12,19,26H,2,25H2,1H3. The number of esters is 1. The molecule has 1 aliphatic rings. The summed E-state index contributed by atoms with van der Waals surface area (Å²) in [5.74, 6) is -1.15. The number of benzene rings is 3. The molecular formula is C24H19N3O5. The summed E-state index contributed by atoms with van der Waals surface area (Å²) in [6.07, 6.45) is 0. The lowest BCUT2D eigenvalue weighted by Gasteiger charge is -2.28. The van der Waals surface area contributed by atoms with Gasteiger partial charge in [-0.15, -0.1) is 0 Å². The Kier molecular flexibility index (Phi) is 4.55. The number of carbonyl (C=O) groups is 1. The van der Waals surface area contributed by atoms with Crippen LogP contribution in [0.4, 0.5) is 5.69 Å². The van der Waals surface area contributed by atoms with Crippen molar-refractivity contribution in [1.82, 2.24) is 4.98 Å². The van der Waals surface area contributed by atoms with Crippen molar-refractivity contribution < 1.29 is 19.2 Å². The largest absolute Gasteiger partial charge is 0.462 e. The van der Waals surface area contributed by atoms with Crippen molar-refractivity contribution in [3.05, 3.63) is 93.4 Å². The summed E-state index contributed by atoms with van der Waals surface area (Å²) in [4.78, 5) is 27.6. The van der Waals surface area contributed by atoms with Gasteiger partial charge in [0.05, 0.1) is 28.4 Å². The van der Waals surface area contributed by atoms with Crippen LogP contribution >= 0.6 is 0 Å². The van der Waals surface area contributed by atoms with Crippen LogP contribution in [-0.4, -0.2) is 22.5 Å². The van der Waals surface area contributed by atoms with Gasteiger partial charge >= 0.3 is 5.97 Å². The van der Waals surface area contributed by atoms with Gasteiger partial charge in [-0.05, 0) is 19.1 Å². The number of ether oxygens (including phenoxy) is 2. The number of hydrogen-bond acceptors (Lipinski definition) is 6. The first-order valence-electron chi connectivity index (χ1n) is 10.1. The molecule has 5 rings (SSSR count). The molecule has 8 heteroatoms. The highest BCUT2D eigenvalue weighted by Crippen LogP contribution is 2.49. The summed E-state index contributed by atoms with van der Waals surface area (Å²) in [6, 6.07) is 17.8. The molecule has 0 radical (unpaired) electrons. The van der Waals surface area contributed by atoms with Crippen LogP contribution in [0.1, 0.15) is 24.0 Å². The zero-order chi connectivity index (χ0) is 22.4. The van der Waals surface area contributed by atoms with Gasteiger partial charge in [-0.25, -0.2) is 4.79 Å². The fraction of sp³-hybridized carbons (Fsp3) is 0.125. The molecule has 2 heterocycles. The maximum atomic E-state index is 12.9. The van der Waals surface area contributed by atoms with Gasteiger partial charge in [0.25, 0.3) is 5.69 Å². The Morgan fingerprint density at radius 2 is 1.84 bits per heavy atom. The van der Waals surface area contributed by atoms with E-state index < -0.39 is 16.8 Å². The number of hydrogen-bond donors (Lipinski definition) is 2. The number of H-pyrrole nitrogens is 1. The predicted molar refractivity (Wildman–Crippen MR) is 119 cm³/mol. The summed E-state index contributed by atoms with van der Waals surface area (Å²) in [5.41, 5.74) is 8.89. The van der Waals surface area contributed by atoms with E-state index >= 15 is 0 Å². The highest BCUT2D eigenvalue weighted by molar-refractivity contribution is 6.11. The summed E-state index contributed by atoms with van der Waals surface area (Å²) >= 11 is 0. The molecule has 0 bridgehead atoms. The number of para-hydroxylation sites is 2. The van der Waals surface area contributed by atoms with Crippen LogP contribution < -0.4 is 10.5 Å². The molecule has 0 amide bonds. The second-order valence-corrected chi connectivity index (χ2v) is 7.43. The summed E-state index contributed by atoms with van der Waals surface area (Å²) < 4.78 is 11.2. The molecule has 1 atom stereocenters. The van der Waals surface area contributed by atoms with Crippen molar-refractivity contribution in [3.63, 3.8) is 0 Å². The average molecular weight is 429 g/mol. The molecule has 0 saturated heterocycles. The molecule has 32 heavy (non-hydrogen) atoms. The maximum Gasteiger partial charge on any atom is 0.340 e. The molecule has 1 aromatic heterocycles. The van der Waals surface area contributed by atoms with Crippen molar-refractivity contribution in [2.45, 2.75) is 12.8 Å². The number of nitrogens with two attached hydrogens (primary N) is 1. The quantitative estimate of drug-likeness (QED) is 0.280. The molecule has 0 aliphatic carbocycles. The number of rotatable bonds is 4. The number of nitro benzene ring substituents is 1. The van der Waals surface area contributed by atoms with E-state index in [4.69, 9.17) is 15.2 Å². The number of carbonyl (C=O) groups excluding carboxylic acids is 1. The summed E-state index contributed by atoms with van der Waals surface area (Å²) in [6.45, 7) is 1.81. The Morgan fingerprint density at radius 1 is 1.09 bits per heavy atom. The molecule has 0 spiro atoms. The van der Waals surface area contributed by atoms with Crippen LogP contribution in [0.25, 0.3) is 21.8 Å². The minimum atomic E-state index is -0.822. The number of nitro groups is 1. The van der Waals surface area contributed by atoms with E-state index in [0.29, 0.717) is 16.9 Å². The third-order valence-corrected chi connectivity index (χ3v) is 5.67. The second kappa shape index (κ2) is 7.42. The minimum absolute atomic E-state index is 0.0489. The molecule has 3 aromatic carbocycles. The Morgan fingerprint density at radius 3 is 2.62 bits per heavy atom. The zero-order valence-corrected chi connectivity index (χ0v) is 17.1. The Balaban J connectivity index is 1.85. The van der Waals surface area contributed by atoms with Gasteiger partial charge in [-0.2, -0.15) is 0 Å². The second-order valence-electron chi connectivity index (χ2n) is 7.43. The number of nitrogens with one attached hydrogen (secondary N) is 1. The first-order valence-corrected chi connectivity index (χ1v) is 10.1. The van der Waals surface area contributed by atoms with Crippen molar-refractivity contribution in [1.29, 1.82) is 0 Å². The smallest absolute Gasteiger partial charge is 0.340 e. The summed E-state index contributed by atoms with van der Waals surface area (Å²) in [7, 11) is 0. The fourth-order valence-corrected chi connectivity index (χ4v) is 4.37. The third kappa shape index (κ3) is 2.88. The van der Waals surface area contributed by atoms with E-state index in [1.54, 1.807) is 31.2 Å². The van der Waals surface area contributed by atoms with Crippen LogP contribution in [0.5, 0.6) is 5.75 Å². The first kappa shape index (κ1) is 19.6. The molecular weight excluding hydrogens is 410 g/mol. The van der Waals surface area contributed by atoms with E-state index in [-0.39, 0.29) is 23.8 Å². The van der Waals surface area contributed by atoms with Crippen LogP contribution in [-0.2, 0) is 9.53 Å². The topological polar surface area (TPSA) is 120 Å². The lowest BCUT2D eigenvalue weighted by atomic mass is 9.81. The van der Waals surface area contributed by atoms with Crippen molar-refractivity contribution >= 4 is 33.5 Å². The monoisotopic (exact) mass is 429 g/mol. The molecule has 1 unspecified atom stereocenters. The number of nitrogens with zero attached hydrogens (tertiary/aromatic N) is 1. The maximum absolute atomic E-state index is 12.9. The van der Waals surface area contributed by atoms with E-state index in [2.05, 4.69) is 4.98 Å². The van der Waals surface area contributed by atoms with Gasteiger partial charge in [0.1, 0.15) is 11.3 Å². The molecule has 1 aliphatic heterocycles. The van der Waals surface area contributed by atoms with Crippen LogP contribution in [0.3, 0.4) is 0 Å². The van der Waals surface area contributed by atoms with E-state index in [1.165, 1.54) is 6.07 Å². The molecule has 0 saturated carbocycles. The third-order valence-electron chi connectivity index (χ3n) is 5.67. The Hall–Kier alpha value is -4.33. The van der Waals surface area contributed by atoms with Gasteiger partial charge in [0.2, 0.25) is 5.88 Å². The van der Waals surface area contributed by atoms with Gasteiger partial charge in [-0.3, -0.25) is 10.1 Å². The molecule has 8 nitrogen and oxygen atoms in total. The fourth-order valence-electron chi connectivity index (χ4n) is 4.37. The molecule has 160 valence electrons. The summed E-state index contributed by atoms with van der Waals surface area (Å²) in [5, 5.41) is 13.5. The van der Waals surface area contributed by atoms with Crippen LogP contribution in [0, 0.1) is 10.1 Å². The van der Waals surface area contributed by atoms with E-state index in [0.717, 1.165) is 21.8 Å². The van der Waals surface area contributed by atoms with Gasteiger partial charge in [0.15, 0.2) is 0 Å². The van der Waals surface area contributed by atoms with Crippen molar-refractivity contribution in [2.75, 3.05) is 6.61 Å². The van der Waals surface area contributed by atoms with Crippen molar-refractivity contribution in [2.24, 2.45) is 5.73 Å². The SMILES string of the molecule is CCOC(=O)C1=C(N)Oc2c(ccc3[nH]c4ccccc4c23)C1c1ccccc1[N+](=O)[O-]. The number of aromatic nitrogens is 1. The Bertz CT molecular complexity index is 1440. The average Bonchev–Trinajstić information content (AvgIpc) is 3.17. The van der Waals surface area contributed by atoms with Crippen molar-refractivity contribution in [3.8, 4) is 5.75 Å². The molecule has 0 fully saturated rings. The normalized spacial score (nSPS) is 15.5. The van der Waals surface area contributed by atoms with Gasteiger partial charge < -0.3 is 20.2 Å². The lowest BCUT2D eigenvalue weighted by molar-refractivity contribution is -0.385. The van der Waals surface area contributed by atoms with E-state index in [1.807, 2.05) is 30.3 Å². The lowest BCUT2D eigenvalue weighted by Crippen LogP contribution is -2.28. The highest BCUT2D eigenvalue weighted by atomic mass is 16.6. The van der Waals surface area contributed by atoms with Gasteiger partial charge in [-0.1, -0.05) is 42.5 Å². The Labute approximate surface area is 182 Å². The molecule has 4 aromatic rings. The number of aromatic amines is 1. The van der Waals surface area contributed by atoms with Gasteiger partial charge in [0, 0.05) is 28.1 Å². The minimum Gasteiger partial charge on any atom is -0.462 e. The molecule has 3 N–H and O–H groups in total. The predicted octanol–water partition coefficient (Wildman–Crippen LogP) is 4.49. The van der Waals surface area contributed by atoms with Crippen LogP contribution in [0.15, 0.2) is 72.1 Å².